The lowest BCUT2D eigenvalue weighted by Crippen LogP contribution is -2.64. The summed E-state index contributed by atoms with van der Waals surface area (Å²) in [6.07, 6.45) is -2.59. The summed E-state index contributed by atoms with van der Waals surface area (Å²) < 4.78 is 63.4. The predicted octanol–water partition coefficient (Wildman–Crippen LogP) is 5.52. The Hall–Kier alpha value is -0.542. The van der Waals surface area contributed by atoms with Gasteiger partial charge in [0.25, 0.3) is 0 Å². The maximum absolute atomic E-state index is 12.7. The van der Waals surface area contributed by atoms with Crippen LogP contribution in [0.15, 0.2) is 30.0 Å². The van der Waals surface area contributed by atoms with E-state index in [1.807, 2.05) is 51.5 Å². The number of hydrogen-bond acceptors (Lipinski definition) is 4. The Kier molecular flexibility index (Phi) is 6.21. The van der Waals surface area contributed by atoms with Gasteiger partial charge in [-0.1, -0.05) is 18.2 Å². The van der Waals surface area contributed by atoms with Gasteiger partial charge in [0.05, 0.1) is 5.56 Å². The first-order chi connectivity index (χ1) is 12.0. The summed E-state index contributed by atoms with van der Waals surface area (Å²) in [5, 5.41) is 0. The van der Waals surface area contributed by atoms with Crippen molar-refractivity contribution in [1.82, 2.24) is 0 Å². The number of rotatable bonds is 2. The molecule has 0 aliphatic carbocycles. The molecule has 11 heteroatoms. The van der Waals surface area contributed by atoms with Crippen molar-refractivity contribution in [1.29, 1.82) is 0 Å². The summed E-state index contributed by atoms with van der Waals surface area (Å²) in [6.45, 7) is 13.8. The van der Waals surface area contributed by atoms with Crippen LogP contribution in [0.1, 0.15) is 11.1 Å². The highest BCUT2D eigenvalue weighted by Gasteiger charge is 2.51. The highest BCUT2D eigenvalue weighted by molar-refractivity contribution is 6.94. The van der Waals surface area contributed by atoms with Gasteiger partial charge >= 0.3 is 40.4 Å². The van der Waals surface area contributed by atoms with Gasteiger partial charge in [-0.15, -0.1) is 0 Å². The molecule has 0 spiro atoms. The number of benzene rings is 1. The highest BCUT2D eigenvalue weighted by atomic mass is 28.5. The zero-order chi connectivity index (χ0) is 20.7. The third-order valence-corrected chi connectivity index (χ3v) is 19.5. The molecule has 4 nitrogen and oxygen atoms in total. The number of halogens is 3. The van der Waals surface area contributed by atoms with Crippen LogP contribution in [0.5, 0.6) is 0 Å². The number of hydrogen-bond donors (Lipinski definition) is 0. The normalized spacial score (nSPS) is 24.4. The molecule has 1 fully saturated rings. The molecule has 0 unspecified atom stereocenters. The molecule has 0 bridgehead atoms. The molecule has 0 radical (unpaired) electrons. The molecular weight excluding hydrogens is 426 g/mol. The largest absolute Gasteiger partial charge is 0.416 e. The Morgan fingerprint density at radius 2 is 1.11 bits per heavy atom. The van der Waals surface area contributed by atoms with E-state index in [0.717, 1.165) is 12.1 Å². The summed E-state index contributed by atoms with van der Waals surface area (Å²) >= 11 is 0. The van der Waals surface area contributed by atoms with Gasteiger partial charge in [0, 0.05) is 0 Å². The van der Waals surface area contributed by atoms with E-state index in [2.05, 4.69) is 0 Å². The van der Waals surface area contributed by atoms with Gasteiger partial charge in [-0.05, 0) is 69.2 Å². The van der Waals surface area contributed by atoms with E-state index >= 15 is 0 Å². The molecule has 1 aromatic rings. The fourth-order valence-electron chi connectivity index (χ4n) is 3.34. The molecular formula is C16H27F3O4Si4. The first-order valence-corrected chi connectivity index (χ1v) is 19.5. The smallest absolute Gasteiger partial charge is 0.416 e. The second-order valence-corrected chi connectivity index (χ2v) is 22.1. The molecule has 1 aliphatic heterocycles. The SMILES string of the molecule is C[Si]1(C)O[Si](C)(C)O[Si](C)(/C=C/c2ccc(C(F)(F)F)cc2)O[Si](C)(C)O1. The number of alkyl halides is 3. The highest BCUT2D eigenvalue weighted by Crippen LogP contribution is 2.32. The second kappa shape index (κ2) is 7.37. The minimum absolute atomic E-state index is 0.654. The molecule has 2 rings (SSSR count). The topological polar surface area (TPSA) is 36.9 Å². The van der Waals surface area contributed by atoms with Gasteiger partial charge in [-0.25, -0.2) is 0 Å². The molecule has 0 amide bonds. The molecule has 0 aromatic heterocycles. The van der Waals surface area contributed by atoms with Crippen molar-refractivity contribution >= 4 is 40.3 Å². The van der Waals surface area contributed by atoms with Crippen LogP contribution in [0.4, 0.5) is 13.2 Å². The zero-order valence-electron chi connectivity index (χ0n) is 16.7. The van der Waals surface area contributed by atoms with E-state index in [0.29, 0.717) is 5.56 Å². The molecule has 1 saturated heterocycles. The van der Waals surface area contributed by atoms with Gasteiger partial charge in [-0.3, -0.25) is 0 Å². The van der Waals surface area contributed by atoms with Crippen molar-refractivity contribution in [3.8, 4) is 0 Å². The Balaban J connectivity index is 2.27. The lowest BCUT2D eigenvalue weighted by atomic mass is 10.1. The van der Waals surface area contributed by atoms with Crippen molar-refractivity contribution in [2.45, 2.75) is 52.0 Å². The molecule has 152 valence electrons. The van der Waals surface area contributed by atoms with Crippen molar-refractivity contribution in [3.63, 3.8) is 0 Å². The summed E-state index contributed by atoms with van der Waals surface area (Å²) in [4.78, 5) is 0. The van der Waals surface area contributed by atoms with Crippen molar-refractivity contribution in [2.75, 3.05) is 0 Å². The van der Waals surface area contributed by atoms with E-state index in [1.165, 1.54) is 12.1 Å². The van der Waals surface area contributed by atoms with Crippen molar-refractivity contribution in [2.24, 2.45) is 0 Å². The average molecular weight is 453 g/mol. The van der Waals surface area contributed by atoms with Crippen LogP contribution < -0.4 is 0 Å². The van der Waals surface area contributed by atoms with Gasteiger partial charge in [0.1, 0.15) is 0 Å². The lowest BCUT2D eigenvalue weighted by molar-refractivity contribution is -0.137. The first-order valence-electron chi connectivity index (χ1n) is 8.68. The minimum atomic E-state index is -4.34. The van der Waals surface area contributed by atoms with Gasteiger partial charge < -0.3 is 16.5 Å². The van der Waals surface area contributed by atoms with E-state index in [4.69, 9.17) is 16.5 Å². The Morgan fingerprint density at radius 3 is 1.52 bits per heavy atom. The monoisotopic (exact) mass is 452 g/mol. The van der Waals surface area contributed by atoms with Crippen molar-refractivity contribution in [3.05, 3.63) is 41.1 Å². The standard InChI is InChI=1S/C16H27F3O4Si4/c1-24(2)20-25(3,4)22-27(7,23-26(5,6)21-24)13-12-14-8-10-15(11-9-14)16(17,18)19/h8-13H,1-7H3/b13-12+. The summed E-state index contributed by atoms with van der Waals surface area (Å²) in [5.74, 6) is 0. The van der Waals surface area contributed by atoms with E-state index in [-0.39, 0.29) is 0 Å². The molecule has 1 heterocycles. The summed E-state index contributed by atoms with van der Waals surface area (Å²) in [7, 11) is -10.1. The first kappa shape index (κ1) is 22.7. The Labute approximate surface area is 163 Å². The lowest BCUT2D eigenvalue weighted by Gasteiger charge is -2.46. The molecule has 0 saturated carbocycles. The zero-order valence-corrected chi connectivity index (χ0v) is 20.7. The van der Waals surface area contributed by atoms with Crippen LogP contribution in [0.2, 0.25) is 45.8 Å². The van der Waals surface area contributed by atoms with Crippen molar-refractivity contribution < 1.29 is 29.6 Å². The second-order valence-electron chi connectivity index (χ2n) is 8.08. The maximum atomic E-state index is 12.7. The average Bonchev–Trinajstić information content (AvgIpc) is 2.39. The third-order valence-electron chi connectivity index (χ3n) is 3.70. The van der Waals surface area contributed by atoms with Gasteiger partial charge in [0.2, 0.25) is 0 Å². The molecule has 27 heavy (non-hydrogen) atoms. The summed E-state index contributed by atoms with van der Waals surface area (Å²) in [6, 6.07) is 5.02. The third kappa shape index (κ3) is 6.78. The Morgan fingerprint density at radius 1 is 0.704 bits per heavy atom. The predicted molar refractivity (Wildman–Crippen MR) is 109 cm³/mol. The fraction of sp³-hybridized carbons (Fsp3) is 0.500. The Bertz CT molecular complexity index is 681. The molecule has 0 N–H and O–H groups in total. The summed E-state index contributed by atoms with van der Waals surface area (Å²) in [5.41, 5.74) is 1.84. The van der Waals surface area contributed by atoms with Crippen LogP contribution in [0.25, 0.3) is 6.08 Å². The molecule has 0 atom stereocenters. The molecule has 1 aromatic carbocycles. The van der Waals surface area contributed by atoms with Gasteiger partial charge in [-0.2, -0.15) is 13.2 Å². The van der Waals surface area contributed by atoms with Crippen LogP contribution in [0.3, 0.4) is 0 Å². The van der Waals surface area contributed by atoms with E-state index < -0.39 is 46.0 Å². The van der Waals surface area contributed by atoms with Crippen LogP contribution in [-0.2, 0) is 22.6 Å². The van der Waals surface area contributed by atoms with Crippen LogP contribution >= 0.6 is 0 Å². The van der Waals surface area contributed by atoms with Gasteiger partial charge in [0.15, 0.2) is 0 Å². The fourth-order valence-corrected chi connectivity index (χ4v) is 23.8. The van der Waals surface area contributed by atoms with Crippen LogP contribution in [-0.4, -0.2) is 34.2 Å². The van der Waals surface area contributed by atoms with E-state index in [1.54, 1.807) is 6.08 Å². The maximum Gasteiger partial charge on any atom is 0.416 e. The minimum Gasteiger partial charge on any atom is -0.416 e. The molecule has 1 aliphatic rings. The van der Waals surface area contributed by atoms with E-state index in [9.17, 15) is 13.2 Å². The van der Waals surface area contributed by atoms with Crippen LogP contribution in [0, 0.1) is 0 Å². The quantitative estimate of drug-likeness (QED) is 0.554.